The van der Waals surface area contributed by atoms with E-state index >= 15 is 0 Å². The van der Waals surface area contributed by atoms with E-state index in [4.69, 9.17) is 5.73 Å². The number of hydrogen-bond donors (Lipinski definition) is 2. The Morgan fingerprint density at radius 2 is 1.70 bits per heavy atom. The number of carbonyl (C=O) groups is 1. The van der Waals surface area contributed by atoms with Gasteiger partial charge in [0.25, 0.3) is 0 Å². The number of aromatic nitrogens is 2. The molecule has 0 aliphatic heterocycles. The summed E-state index contributed by atoms with van der Waals surface area (Å²) in [5, 5.41) is 3.33. The quantitative estimate of drug-likeness (QED) is 0.495. The van der Waals surface area contributed by atoms with Crippen LogP contribution in [-0.4, -0.2) is 15.9 Å². The third-order valence-electron chi connectivity index (χ3n) is 4.73. The van der Waals surface area contributed by atoms with E-state index in [-0.39, 0.29) is 5.82 Å². The number of nitrogens with two attached hydrogens (primary N) is 1. The summed E-state index contributed by atoms with van der Waals surface area (Å²) in [5.74, 6) is -0.757. The zero-order chi connectivity index (χ0) is 20.9. The van der Waals surface area contributed by atoms with Crippen LogP contribution >= 0.6 is 0 Å². The summed E-state index contributed by atoms with van der Waals surface area (Å²) in [5.41, 5.74) is 11.1. The van der Waals surface area contributed by atoms with Crippen molar-refractivity contribution in [2.75, 3.05) is 5.32 Å². The van der Waals surface area contributed by atoms with Gasteiger partial charge in [0.1, 0.15) is 5.82 Å². The van der Waals surface area contributed by atoms with Gasteiger partial charge in [-0.2, -0.15) is 0 Å². The fraction of sp³-hybridized carbons (Fsp3) is 0.0417. The number of nitrogens with one attached hydrogen (secondary N) is 1. The van der Waals surface area contributed by atoms with Gasteiger partial charge < -0.3 is 11.1 Å². The number of halogens is 1. The van der Waals surface area contributed by atoms with Gasteiger partial charge in [0.2, 0.25) is 5.91 Å². The van der Waals surface area contributed by atoms with E-state index in [0.717, 1.165) is 33.6 Å². The first-order chi connectivity index (χ1) is 14.6. The van der Waals surface area contributed by atoms with Crippen LogP contribution in [0, 0.1) is 5.82 Å². The van der Waals surface area contributed by atoms with E-state index < -0.39 is 5.91 Å². The zero-order valence-electron chi connectivity index (χ0n) is 16.0. The molecular weight excluding hydrogens is 379 g/mol. The fourth-order valence-corrected chi connectivity index (χ4v) is 3.19. The van der Waals surface area contributed by atoms with Gasteiger partial charge >= 0.3 is 0 Å². The Bertz CT molecular complexity index is 1180. The highest BCUT2D eigenvalue weighted by molar-refractivity contribution is 5.93. The average Bonchev–Trinajstić information content (AvgIpc) is 2.79. The number of nitrogens with zero attached hydrogens (tertiary/aromatic N) is 2. The molecule has 0 radical (unpaired) electrons. The third-order valence-corrected chi connectivity index (χ3v) is 4.73. The molecule has 1 amide bonds. The molecule has 4 aromatic rings. The molecule has 0 aliphatic carbocycles. The van der Waals surface area contributed by atoms with Crippen LogP contribution in [0.2, 0.25) is 0 Å². The molecule has 30 heavy (non-hydrogen) atoms. The van der Waals surface area contributed by atoms with Crippen molar-refractivity contribution in [1.82, 2.24) is 9.97 Å². The van der Waals surface area contributed by atoms with Gasteiger partial charge in [-0.15, -0.1) is 0 Å². The molecule has 4 rings (SSSR count). The Hall–Kier alpha value is -4.06. The van der Waals surface area contributed by atoms with Gasteiger partial charge in [-0.25, -0.2) is 4.39 Å². The molecule has 2 heterocycles. The SMILES string of the molecule is NC(=O)c1cccc(NCc2cc(-c3ccc(F)cc3)cnc2-c2ccncc2)c1. The maximum absolute atomic E-state index is 13.3. The number of pyridine rings is 2. The Morgan fingerprint density at radius 1 is 0.933 bits per heavy atom. The Balaban J connectivity index is 1.69. The van der Waals surface area contributed by atoms with Gasteiger partial charge in [0.15, 0.2) is 0 Å². The Labute approximate surface area is 173 Å². The lowest BCUT2D eigenvalue weighted by Gasteiger charge is -2.13. The van der Waals surface area contributed by atoms with Crippen LogP contribution in [0.3, 0.4) is 0 Å². The predicted octanol–water partition coefficient (Wildman–Crippen LogP) is 4.66. The number of amides is 1. The molecule has 6 heteroatoms. The monoisotopic (exact) mass is 398 g/mol. The number of hydrogen-bond acceptors (Lipinski definition) is 4. The van der Waals surface area contributed by atoms with Crippen LogP contribution in [0.25, 0.3) is 22.4 Å². The highest BCUT2D eigenvalue weighted by Crippen LogP contribution is 2.27. The van der Waals surface area contributed by atoms with E-state index in [1.165, 1.54) is 12.1 Å². The van der Waals surface area contributed by atoms with Crippen LogP contribution < -0.4 is 11.1 Å². The van der Waals surface area contributed by atoms with Crippen LogP contribution in [0.15, 0.2) is 85.3 Å². The molecule has 0 unspecified atom stereocenters. The van der Waals surface area contributed by atoms with E-state index in [1.807, 2.05) is 24.3 Å². The van der Waals surface area contributed by atoms with Gasteiger partial charge in [0, 0.05) is 47.5 Å². The average molecular weight is 398 g/mol. The van der Waals surface area contributed by atoms with Crippen LogP contribution in [0.4, 0.5) is 10.1 Å². The maximum Gasteiger partial charge on any atom is 0.248 e. The highest BCUT2D eigenvalue weighted by atomic mass is 19.1. The van der Waals surface area contributed by atoms with Gasteiger partial charge in [-0.05, 0) is 59.7 Å². The lowest BCUT2D eigenvalue weighted by Crippen LogP contribution is -2.11. The summed E-state index contributed by atoms with van der Waals surface area (Å²) >= 11 is 0. The molecule has 0 spiro atoms. The van der Waals surface area contributed by atoms with Crippen molar-refractivity contribution >= 4 is 11.6 Å². The minimum Gasteiger partial charge on any atom is -0.381 e. The second-order valence-electron chi connectivity index (χ2n) is 6.77. The minimum absolute atomic E-state index is 0.281. The summed E-state index contributed by atoms with van der Waals surface area (Å²) in [4.78, 5) is 20.2. The van der Waals surface area contributed by atoms with Crippen molar-refractivity contribution < 1.29 is 9.18 Å². The summed E-state index contributed by atoms with van der Waals surface area (Å²) in [7, 11) is 0. The lowest BCUT2D eigenvalue weighted by molar-refractivity contribution is 0.100. The highest BCUT2D eigenvalue weighted by Gasteiger charge is 2.10. The number of rotatable bonds is 6. The number of primary amides is 1. The number of benzene rings is 2. The molecule has 2 aromatic carbocycles. The Kier molecular flexibility index (Phi) is 5.48. The first-order valence-corrected chi connectivity index (χ1v) is 9.39. The second kappa shape index (κ2) is 8.53. The molecule has 5 nitrogen and oxygen atoms in total. The van der Waals surface area contributed by atoms with Crippen LogP contribution in [-0.2, 0) is 6.54 Å². The van der Waals surface area contributed by atoms with Crippen molar-refractivity contribution in [3.05, 3.63) is 102 Å². The summed E-state index contributed by atoms with van der Waals surface area (Å²) in [6.45, 7) is 0.474. The van der Waals surface area contributed by atoms with Crippen LogP contribution in [0.5, 0.6) is 0 Å². The van der Waals surface area contributed by atoms with Crippen molar-refractivity contribution in [1.29, 1.82) is 0 Å². The second-order valence-corrected chi connectivity index (χ2v) is 6.77. The maximum atomic E-state index is 13.3. The largest absolute Gasteiger partial charge is 0.381 e. The molecule has 0 atom stereocenters. The van der Waals surface area contributed by atoms with Crippen molar-refractivity contribution in [2.45, 2.75) is 6.54 Å². The fourth-order valence-electron chi connectivity index (χ4n) is 3.19. The summed E-state index contributed by atoms with van der Waals surface area (Å²) in [6.07, 6.45) is 5.22. The predicted molar refractivity (Wildman–Crippen MR) is 115 cm³/mol. The topological polar surface area (TPSA) is 80.9 Å². The lowest BCUT2D eigenvalue weighted by atomic mass is 10.0. The first-order valence-electron chi connectivity index (χ1n) is 9.39. The standard InChI is InChI=1S/C24H19FN4O/c25-21-6-4-16(5-7-21)19-12-20(23(29-14-19)17-8-10-27-11-9-17)15-28-22-3-1-2-18(13-22)24(26)30/h1-14,28H,15H2,(H2,26,30). The van der Waals surface area contributed by atoms with Gasteiger partial charge in [0.05, 0.1) is 5.69 Å². The molecule has 0 saturated carbocycles. The normalized spacial score (nSPS) is 10.6. The van der Waals surface area contributed by atoms with Crippen molar-refractivity contribution in [2.24, 2.45) is 5.73 Å². The molecule has 0 bridgehead atoms. The number of anilines is 1. The molecule has 2 aromatic heterocycles. The van der Waals surface area contributed by atoms with Gasteiger partial charge in [-0.1, -0.05) is 18.2 Å². The smallest absolute Gasteiger partial charge is 0.248 e. The molecule has 148 valence electrons. The third kappa shape index (κ3) is 4.33. The Morgan fingerprint density at radius 3 is 2.43 bits per heavy atom. The number of carbonyl (C=O) groups excluding carboxylic acids is 1. The van der Waals surface area contributed by atoms with Crippen molar-refractivity contribution in [3.63, 3.8) is 0 Å². The van der Waals surface area contributed by atoms with Gasteiger partial charge in [-0.3, -0.25) is 14.8 Å². The molecule has 0 fully saturated rings. The first kappa shape index (κ1) is 19.3. The van der Waals surface area contributed by atoms with Crippen LogP contribution in [0.1, 0.15) is 15.9 Å². The van der Waals surface area contributed by atoms with E-state index in [9.17, 15) is 9.18 Å². The zero-order valence-corrected chi connectivity index (χ0v) is 16.0. The molecule has 0 aliphatic rings. The van der Waals surface area contributed by atoms with E-state index in [2.05, 4.69) is 15.3 Å². The molecule has 3 N–H and O–H groups in total. The minimum atomic E-state index is -0.476. The van der Waals surface area contributed by atoms with Crippen molar-refractivity contribution in [3.8, 4) is 22.4 Å². The molecule has 0 saturated heterocycles. The van der Waals surface area contributed by atoms with E-state index in [0.29, 0.717) is 12.1 Å². The summed E-state index contributed by atoms with van der Waals surface area (Å²) < 4.78 is 13.3. The summed E-state index contributed by atoms with van der Waals surface area (Å²) in [6, 6.07) is 19.2. The van der Waals surface area contributed by atoms with E-state index in [1.54, 1.807) is 48.9 Å². The molecular formula is C24H19FN4O.